The number of hydrogen-bond acceptors (Lipinski definition) is 5. The Labute approximate surface area is 118 Å². The normalized spacial score (nSPS) is 16.6. The van der Waals surface area contributed by atoms with Crippen molar-refractivity contribution in [3.63, 3.8) is 0 Å². The van der Waals surface area contributed by atoms with Crippen molar-refractivity contribution in [2.45, 2.75) is 6.42 Å². The van der Waals surface area contributed by atoms with Crippen molar-refractivity contribution >= 4 is 16.9 Å². The Bertz CT molecular complexity index is 562. The molecule has 6 nitrogen and oxygen atoms in total. The molecule has 20 heavy (non-hydrogen) atoms. The van der Waals surface area contributed by atoms with Crippen molar-refractivity contribution in [3.8, 4) is 0 Å². The van der Waals surface area contributed by atoms with Gasteiger partial charge in [0.1, 0.15) is 5.52 Å². The van der Waals surface area contributed by atoms with Crippen molar-refractivity contribution in [1.82, 2.24) is 19.4 Å². The average molecular weight is 275 g/mol. The van der Waals surface area contributed by atoms with Gasteiger partial charge in [-0.3, -0.25) is 4.90 Å². The standard InChI is InChI=1S/C14H21N5O/c1-18-11-17-13-12(18)3-5-16-14(13)15-4-2-6-19-7-9-20-10-8-19/h3,5,11H,2,4,6-10H2,1H3,(H,15,16). The summed E-state index contributed by atoms with van der Waals surface area (Å²) >= 11 is 0. The van der Waals surface area contributed by atoms with Gasteiger partial charge in [0, 0.05) is 32.9 Å². The number of pyridine rings is 1. The van der Waals surface area contributed by atoms with Gasteiger partial charge < -0.3 is 14.6 Å². The second kappa shape index (κ2) is 6.19. The first-order valence-electron chi connectivity index (χ1n) is 7.14. The maximum absolute atomic E-state index is 5.35. The predicted molar refractivity (Wildman–Crippen MR) is 78.9 cm³/mol. The molecule has 1 fully saturated rings. The molecule has 0 bridgehead atoms. The van der Waals surface area contributed by atoms with Gasteiger partial charge in [-0.1, -0.05) is 0 Å². The third kappa shape index (κ3) is 2.91. The Hall–Kier alpha value is -1.66. The highest BCUT2D eigenvalue weighted by Crippen LogP contribution is 2.18. The van der Waals surface area contributed by atoms with Crippen LogP contribution in [0.5, 0.6) is 0 Å². The van der Waals surface area contributed by atoms with E-state index in [0.29, 0.717) is 0 Å². The average Bonchev–Trinajstić information content (AvgIpc) is 2.87. The number of nitrogens with one attached hydrogen (secondary N) is 1. The molecule has 0 radical (unpaired) electrons. The Morgan fingerprint density at radius 2 is 2.15 bits per heavy atom. The van der Waals surface area contributed by atoms with Gasteiger partial charge in [-0.05, 0) is 19.0 Å². The van der Waals surface area contributed by atoms with E-state index in [1.54, 1.807) is 0 Å². The van der Waals surface area contributed by atoms with Gasteiger partial charge >= 0.3 is 0 Å². The van der Waals surface area contributed by atoms with Gasteiger partial charge in [0.2, 0.25) is 0 Å². The number of morpholine rings is 1. The van der Waals surface area contributed by atoms with Crippen LogP contribution in [-0.2, 0) is 11.8 Å². The fourth-order valence-corrected chi connectivity index (χ4v) is 2.53. The van der Waals surface area contributed by atoms with Crippen LogP contribution in [0.25, 0.3) is 11.0 Å². The van der Waals surface area contributed by atoms with Crippen LogP contribution >= 0.6 is 0 Å². The molecule has 1 N–H and O–H groups in total. The Morgan fingerprint density at radius 3 is 3.00 bits per heavy atom. The first kappa shape index (κ1) is 13.3. The molecule has 2 aromatic rings. The summed E-state index contributed by atoms with van der Waals surface area (Å²) in [4.78, 5) is 11.2. The molecule has 3 heterocycles. The van der Waals surface area contributed by atoms with E-state index in [0.717, 1.165) is 62.7 Å². The maximum Gasteiger partial charge on any atom is 0.154 e. The van der Waals surface area contributed by atoms with E-state index in [1.165, 1.54) is 0 Å². The molecule has 1 aliphatic heterocycles. The highest BCUT2D eigenvalue weighted by molar-refractivity contribution is 5.85. The van der Waals surface area contributed by atoms with Gasteiger partial charge in [0.15, 0.2) is 5.82 Å². The smallest absolute Gasteiger partial charge is 0.154 e. The van der Waals surface area contributed by atoms with Gasteiger partial charge in [-0.15, -0.1) is 0 Å². The molecular formula is C14H21N5O. The van der Waals surface area contributed by atoms with Gasteiger partial charge in [-0.25, -0.2) is 9.97 Å². The Morgan fingerprint density at radius 1 is 1.30 bits per heavy atom. The molecule has 3 rings (SSSR count). The minimum atomic E-state index is 0.863. The molecule has 0 unspecified atom stereocenters. The molecule has 1 saturated heterocycles. The van der Waals surface area contributed by atoms with Crippen LogP contribution in [0.3, 0.4) is 0 Å². The first-order valence-corrected chi connectivity index (χ1v) is 7.14. The number of imidazole rings is 1. The minimum absolute atomic E-state index is 0.863. The zero-order chi connectivity index (χ0) is 13.8. The first-order chi connectivity index (χ1) is 9.84. The summed E-state index contributed by atoms with van der Waals surface area (Å²) in [6, 6.07) is 1.99. The van der Waals surface area contributed by atoms with Crippen molar-refractivity contribution in [1.29, 1.82) is 0 Å². The van der Waals surface area contributed by atoms with E-state index in [1.807, 2.05) is 30.2 Å². The molecule has 2 aromatic heterocycles. The third-order valence-electron chi connectivity index (χ3n) is 3.69. The summed E-state index contributed by atoms with van der Waals surface area (Å²) < 4.78 is 7.36. The summed E-state index contributed by atoms with van der Waals surface area (Å²) in [6.45, 7) is 5.85. The van der Waals surface area contributed by atoms with Gasteiger partial charge in [-0.2, -0.15) is 0 Å². The van der Waals surface area contributed by atoms with Gasteiger partial charge in [0.25, 0.3) is 0 Å². The molecule has 0 saturated carbocycles. The van der Waals surface area contributed by atoms with Crippen LogP contribution in [0.2, 0.25) is 0 Å². The summed E-state index contributed by atoms with van der Waals surface area (Å²) in [5.74, 6) is 0.880. The lowest BCUT2D eigenvalue weighted by molar-refractivity contribution is 0.0378. The molecule has 0 amide bonds. The number of ether oxygens (including phenoxy) is 1. The Kier molecular flexibility index (Phi) is 4.13. The van der Waals surface area contributed by atoms with E-state index in [-0.39, 0.29) is 0 Å². The van der Waals surface area contributed by atoms with Crippen LogP contribution < -0.4 is 5.32 Å². The molecule has 6 heteroatoms. The van der Waals surface area contributed by atoms with Crippen molar-refractivity contribution in [2.24, 2.45) is 7.05 Å². The second-order valence-corrected chi connectivity index (χ2v) is 5.12. The quantitative estimate of drug-likeness (QED) is 0.828. The largest absolute Gasteiger partial charge is 0.379 e. The summed E-state index contributed by atoms with van der Waals surface area (Å²) in [5, 5.41) is 3.40. The van der Waals surface area contributed by atoms with Crippen LogP contribution in [0, 0.1) is 0 Å². The highest BCUT2D eigenvalue weighted by Gasteiger charge is 2.10. The maximum atomic E-state index is 5.35. The fourth-order valence-electron chi connectivity index (χ4n) is 2.53. The lowest BCUT2D eigenvalue weighted by atomic mass is 10.3. The van der Waals surface area contributed by atoms with Gasteiger partial charge in [0.05, 0.1) is 25.1 Å². The van der Waals surface area contributed by atoms with E-state index in [2.05, 4.69) is 20.2 Å². The summed E-state index contributed by atoms with van der Waals surface area (Å²) in [5.41, 5.74) is 2.05. The van der Waals surface area contributed by atoms with Crippen molar-refractivity contribution in [2.75, 3.05) is 44.7 Å². The second-order valence-electron chi connectivity index (χ2n) is 5.12. The zero-order valence-electron chi connectivity index (χ0n) is 11.9. The number of aryl methyl sites for hydroxylation is 1. The lowest BCUT2D eigenvalue weighted by Crippen LogP contribution is -2.37. The topological polar surface area (TPSA) is 55.2 Å². The minimum Gasteiger partial charge on any atom is -0.379 e. The van der Waals surface area contributed by atoms with Crippen molar-refractivity contribution in [3.05, 3.63) is 18.6 Å². The molecule has 0 aliphatic carbocycles. The predicted octanol–water partition coefficient (Wildman–Crippen LogP) is 1.10. The number of aromatic nitrogens is 3. The highest BCUT2D eigenvalue weighted by atomic mass is 16.5. The van der Waals surface area contributed by atoms with E-state index < -0.39 is 0 Å². The summed E-state index contributed by atoms with van der Waals surface area (Å²) in [7, 11) is 2.00. The number of hydrogen-bond donors (Lipinski definition) is 1. The number of rotatable bonds is 5. The number of fused-ring (bicyclic) bond motifs is 1. The fraction of sp³-hybridized carbons (Fsp3) is 0.571. The zero-order valence-corrected chi connectivity index (χ0v) is 11.9. The molecule has 1 aliphatic rings. The molecule has 0 spiro atoms. The summed E-state index contributed by atoms with van der Waals surface area (Å²) in [6.07, 6.45) is 4.75. The van der Waals surface area contributed by atoms with Crippen LogP contribution in [-0.4, -0.2) is 58.8 Å². The van der Waals surface area contributed by atoms with E-state index >= 15 is 0 Å². The van der Waals surface area contributed by atoms with Crippen LogP contribution in [0.4, 0.5) is 5.82 Å². The lowest BCUT2D eigenvalue weighted by Gasteiger charge is -2.26. The van der Waals surface area contributed by atoms with E-state index in [4.69, 9.17) is 4.74 Å². The van der Waals surface area contributed by atoms with E-state index in [9.17, 15) is 0 Å². The van der Waals surface area contributed by atoms with Crippen LogP contribution in [0.15, 0.2) is 18.6 Å². The molecule has 108 valence electrons. The molecule has 0 aromatic carbocycles. The van der Waals surface area contributed by atoms with Crippen molar-refractivity contribution < 1.29 is 4.74 Å². The molecular weight excluding hydrogens is 254 g/mol. The Balaban J connectivity index is 1.52. The van der Waals surface area contributed by atoms with Crippen LogP contribution in [0.1, 0.15) is 6.42 Å². The number of nitrogens with zero attached hydrogens (tertiary/aromatic N) is 4. The molecule has 0 atom stereocenters. The number of anilines is 1. The monoisotopic (exact) mass is 275 g/mol. The third-order valence-corrected chi connectivity index (χ3v) is 3.69. The SMILES string of the molecule is Cn1cnc2c(NCCCN3CCOCC3)nccc21.